The predicted octanol–water partition coefficient (Wildman–Crippen LogP) is 10.3. The van der Waals surface area contributed by atoms with Gasteiger partial charge in [0, 0.05) is 27.1 Å². The number of ether oxygens (including phenoxy) is 3. The number of alkyl halides is 1. The molecule has 11 heteroatoms. The highest BCUT2D eigenvalue weighted by Crippen LogP contribution is 2.25. The molecule has 0 heterocycles. The van der Waals surface area contributed by atoms with E-state index in [1.807, 2.05) is 66.7 Å². The Morgan fingerprint density at radius 1 is 0.689 bits per heavy atom. The summed E-state index contributed by atoms with van der Waals surface area (Å²) in [7, 11) is 2.76. The Morgan fingerprint density at radius 3 is 1.71 bits per heavy atom. The molecule has 0 saturated heterocycles. The zero-order valence-electron chi connectivity index (χ0n) is 24.7. The van der Waals surface area contributed by atoms with Gasteiger partial charge in [-0.25, -0.2) is 0 Å². The van der Waals surface area contributed by atoms with Crippen molar-refractivity contribution >= 4 is 82.9 Å². The number of phenolic OH excluding ortho intramolecular Hbond substituents is 1. The molecule has 0 aliphatic carbocycles. The minimum absolute atomic E-state index is 0.212. The van der Waals surface area contributed by atoms with E-state index in [9.17, 15) is 9.59 Å². The van der Waals surface area contributed by atoms with Gasteiger partial charge in [0.1, 0.15) is 18.1 Å². The standard InChI is InChI=1S/C17H16BrClO3.C10H12O3.C7H5Br2Cl/c1-21-17(20)8-6-12-3-2-4-14(9-12)22-11-13-5-7-15(18)16(19)10-13;1-13-10(12)6-5-8-3-2-4-9(11)7-8;8-4-5-1-2-6(9)7(10)3-5/h2-5,7,9-10H,6,8,11H2,1H3;2-4,7,11H,5-6H2,1H3;1-3H,4H2. The molecule has 0 aromatic heterocycles. The number of aromatic hydroxyl groups is 1. The van der Waals surface area contributed by atoms with Crippen LogP contribution in [0.3, 0.4) is 0 Å². The van der Waals surface area contributed by atoms with E-state index < -0.39 is 0 Å². The second-order valence-corrected chi connectivity index (χ2v) is 12.5. The minimum Gasteiger partial charge on any atom is -0.508 e. The first-order valence-corrected chi connectivity index (χ1v) is 17.1. The molecule has 4 aromatic carbocycles. The highest BCUT2D eigenvalue weighted by atomic mass is 79.9. The van der Waals surface area contributed by atoms with Crippen LogP contribution in [0.4, 0.5) is 0 Å². The summed E-state index contributed by atoms with van der Waals surface area (Å²) in [5.74, 6) is 0.544. The minimum atomic E-state index is -0.233. The van der Waals surface area contributed by atoms with Gasteiger partial charge < -0.3 is 19.3 Å². The summed E-state index contributed by atoms with van der Waals surface area (Å²) in [6, 6.07) is 26.2. The number of benzene rings is 4. The van der Waals surface area contributed by atoms with Crippen LogP contribution in [-0.2, 0) is 43.8 Å². The van der Waals surface area contributed by atoms with Crippen molar-refractivity contribution in [1.82, 2.24) is 0 Å². The van der Waals surface area contributed by atoms with Gasteiger partial charge in [-0.05, 0) is 115 Å². The maximum atomic E-state index is 11.2. The molecule has 0 unspecified atom stereocenters. The highest BCUT2D eigenvalue weighted by Gasteiger charge is 2.05. The summed E-state index contributed by atoms with van der Waals surface area (Å²) in [6.07, 6.45) is 1.94. The lowest BCUT2D eigenvalue weighted by Gasteiger charge is -2.09. The SMILES string of the molecule is COC(=O)CCc1cccc(O)c1.COC(=O)CCc1cccc(OCc2ccc(Br)c(Cl)c2)c1.Clc1cc(CBr)ccc1Br. The van der Waals surface area contributed by atoms with Crippen LogP contribution in [0, 0.1) is 0 Å². The molecule has 0 aliphatic heterocycles. The highest BCUT2D eigenvalue weighted by molar-refractivity contribution is 9.11. The molecule has 0 spiro atoms. The summed E-state index contributed by atoms with van der Waals surface area (Å²) in [4.78, 5) is 22.0. The van der Waals surface area contributed by atoms with E-state index >= 15 is 0 Å². The van der Waals surface area contributed by atoms with E-state index in [1.165, 1.54) is 19.8 Å². The van der Waals surface area contributed by atoms with Crippen molar-refractivity contribution in [3.63, 3.8) is 0 Å². The molecule has 0 saturated carbocycles. The lowest BCUT2D eigenvalue weighted by molar-refractivity contribution is -0.141. The Morgan fingerprint density at radius 2 is 1.20 bits per heavy atom. The van der Waals surface area contributed by atoms with Gasteiger partial charge >= 0.3 is 11.9 Å². The Bertz CT molecular complexity index is 1530. The van der Waals surface area contributed by atoms with Crippen molar-refractivity contribution in [2.45, 2.75) is 37.6 Å². The monoisotopic (exact) mass is 844 g/mol. The van der Waals surface area contributed by atoms with Crippen LogP contribution in [0.1, 0.15) is 35.1 Å². The van der Waals surface area contributed by atoms with E-state index in [0.29, 0.717) is 37.3 Å². The quantitative estimate of drug-likeness (QED) is 0.126. The van der Waals surface area contributed by atoms with Crippen LogP contribution < -0.4 is 4.74 Å². The first-order valence-electron chi connectivity index (χ1n) is 13.6. The third kappa shape index (κ3) is 15.5. The number of rotatable bonds is 10. The van der Waals surface area contributed by atoms with Crippen molar-refractivity contribution in [1.29, 1.82) is 0 Å². The number of methoxy groups -OCH3 is 2. The topological polar surface area (TPSA) is 82.1 Å². The average molecular weight is 848 g/mol. The molecule has 6 nitrogen and oxygen atoms in total. The van der Waals surface area contributed by atoms with E-state index in [1.54, 1.807) is 18.2 Å². The van der Waals surface area contributed by atoms with Crippen LogP contribution in [0.25, 0.3) is 0 Å². The van der Waals surface area contributed by atoms with Crippen molar-refractivity contribution in [2.75, 3.05) is 14.2 Å². The molecule has 4 rings (SSSR count). The van der Waals surface area contributed by atoms with Crippen LogP contribution in [0.2, 0.25) is 10.0 Å². The molecule has 240 valence electrons. The lowest BCUT2D eigenvalue weighted by Crippen LogP contribution is -2.02. The van der Waals surface area contributed by atoms with Crippen molar-refractivity contribution < 1.29 is 28.9 Å². The molecule has 4 aromatic rings. The first kappa shape index (κ1) is 38.6. The number of aryl methyl sites for hydroxylation is 2. The largest absolute Gasteiger partial charge is 0.508 e. The fraction of sp³-hybridized carbons (Fsp3) is 0.235. The molecule has 0 fully saturated rings. The summed E-state index contributed by atoms with van der Waals surface area (Å²) in [5.41, 5.74) is 4.16. The third-order valence-electron chi connectivity index (χ3n) is 6.03. The van der Waals surface area contributed by atoms with Gasteiger partial charge in [0.25, 0.3) is 0 Å². The van der Waals surface area contributed by atoms with Gasteiger partial charge in [-0.3, -0.25) is 9.59 Å². The van der Waals surface area contributed by atoms with Crippen LogP contribution in [-0.4, -0.2) is 31.3 Å². The second-order valence-electron chi connectivity index (χ2n) is 9.39. The smallest absolute Gasteiger partial charge is 0.305 e. The number of hydrogen-bond acceptors (Lipinski definition) is 6. The van der Waals surface area contributed by atoms with Crippen LogP contribution in [0.15, 0.2) is 93.9 Å². The molecule has 0 bridgehead atoms. The summed E-state index contributed by atoms with van der Waals surface area (Å²) in [6.45, 7) is 0.438. The Hall–Kier alpha value is -2.56. The van der Waals surface area contributed by atoms with E-state index in [4.69, 9.17) is 33.0 Å². The van der Waals surface area contributed by atoms with Crippen LogP contribution >= 0.6 is 71.0 Å². The molecule has 0 aliphatic rings. The number of phenols is 1. The zero-order chi connectivity index (χ0) is 33.2. The maximum Gasteiger partial charge on any atom is 0.305 e. The first-order chi connectivity index (χ1) is 21.5. The Balaban J connectivity index is 0.000000259. The zero-order valence-corrected chi connectivity index (χ0v) is 31.0. The van der Waals surface area contributed by atoms with Gasteiger partial charge in [-0.15, -0.1) is 0 Å². The van der Waals surface area contributed by atoms with Gasteiger partial charge in [-0.1, -0.05) is 75.5 Å². The fourth-order valence-corrected chi connectivity index (χ4v) is 4.87. The third-order valence-corrected chi connectivity index (χ3v) is 9.14. The van der Waals surface area contributed by atoms with Crippen molar-refractivity contribution in [3.8, 4) is 11.5 Å². The number of hydrogen-bond donors (Lipinski definition) is 1. The molecule has 0 radical (unpaired) electrons. The van der Waals surface area contributed by atoms with E-state index in [0.717, 1.165) is 41.7 Å². The summed E-state index contributed by atoms with van der Waals surface area (Å²) >= 11 is 21.9. The molecule has 1 N–H and O–H groups in total. The van der Waals surface area contributed by atoms with E-state index in [2.05, 4.69) is 57.3 Å². The number of carbonyl (C=O) groups excluding carboxylic acids is 2. The van der Waals surface area contributed by atoms with Crippen molar-refractivity contribution in [2.24, 2.45) is 0 Å². The molecular formula is C34H33Br3Cl2O6. The normalized spacial score (nSPS) is 10.0. The molecule has 0 atom stereocenters. The van der Waals surface area contributed by atoms with Gasteiger partial charge in [0.05, 0.1) is 24.3 Å². The Kier molecular flexibility index (Phi) is 18.3. The number of esters is 2. The fourth-order valence-electron chi connectivity index (χ4n) is 3.62. The predicted molar refractivity (Wildman–Crippen MR) is 190 cm³/mol. The summed E-state index contributed by atoms with van der Waals surface area (Å²) in [5, 5.41) is 11.4. The van der Waals surface area contributed by atoms with Crippen LogP contribution in [0.5, 0.6) is 11.5 Å². The maximum absolute atomic E-state index is 11.2. The lowest BCUT2D eigenvalue weighted by atomic mass is 10.1. The van der Waals surface area contributed by atoms with Gasteiger partial charge in [0.15, 0.2) is 0 Å². The number of carbonyl (C=O) groups is 2. The van der Waals surface area contributed by atoms with E-state index in [-0.39, 0.29) is 17.7 Å². The Labute approximate surface area is 299 Å². The van der Waals surface area contributed by atoms with Gasteiger partial charge in [0.2, 0.25) is 0 Å². The van der Waals surface area contributed by atoms with Gasteiger partial charge in [-0.2, -0.15) is 0 Å². The molecular weight excluding hydrogens is 815 g/mol. The second kappa shape index (κ2) is 21.3. The average Bonchev–Trinajstić information content (AvgIpc) is 3.05. The molecule has 45 heavy (non-hydrogen) atoms. The molecule has 0 amide bonds. The van der Waals surface area contributed by atoms with Crippen molar-refractivity contribution in [3.05, 3.63) is 126 Å². The summed E-state index contributed by atoms with van der Waals surface area (Å²) < 4.78 is 16.7. The number of halogens is 5.